The van der Waals surface area contributed by atoms with Crippen LogP contribution >= 0.6 is 0 Å². The Kier molecular flexibility index (Phi) is 4.33. The fourth-order valence-electron chi connectivity index (χ4n) is 1.99. The molecule has 3 N–H and O–H groups in total. The van der Waals surface area contributed by atoms with E-state index in [9.17, 15) is 14.0 Å². The summed E-state index contributed by atoms with van der Waals surface area (Å²) in [6.07, 6.45) is 1.72. The van der Waals surface area contributed by atoms with Crippen molar-refractivity contribution in [3.05, 3.63) is 30.1 Å². The minimum Gasteiger partial charge on any atom is -0.356 e. The van der Waals surface area contributed by atoms with Crippen LogP contribution in [-0.2, 0) is 4.79 Å². The summed E-state index contributed by atoms with van der Waals surface area (Å²) in [5, 5.41) is 8.09. The monoisotopic (exact) mass is 265 g/mol. The molecule has 1 aliphatic rings. The fourth-order valence-corrected chi connectivity index (χ4v) is 1.99. The third-order valence-corrected chi connectivity index (χ3v) is 2.95. The van der Waals surface area contributed by atoms with Gasteiger partial charge in [0, 0.05) is 24.7 Å². The van der Waals surface area contributed by atoms with Crippen LogP contribution in [0.2, 0.25) is 0 Å². The molecule has 19 heavy (non-hydrogen) atoms. The van der Waals surface area contributed by atoms with E-state index in [0.717, 1.165) is 0 Å². The van der Waals surface area contributed by atoms with Crippen molar-refractivity contribution in [3.8, 4) is 0 Å². The van der Waals surface area contributed by atoms with E-state index in [-0.39, 0.29) is 18.0 Å². The van der Waals surface area contributed by atoms with Crippen LogP contribution in [0.1, 0.15) is 19.3 Å². The molecule has 2 rings (SSSR count). The summed E-state index contributed by atoms with van der Waals surface area (Å²) >= 11 is 0. The number of amides is 3. The molecule has 1 atom stereocenters. The molecule has 0 spiro atoms. The average Bonchev–Trinajstić information content (AvgIpc) is 2.54. The average molecular weight is 265 g/mol. The van der Waals surface area contributed by atoms with Gasteiger partial charge in [0.2, 0.25) is 5.91 Å². The molecule has 0 bridgehead atoms. The maximum Gasteiger partial charge on any atom is 0.319 e. The predicted octanol–water partition coefficient (Wildman–Crippen LogP) is 1.62. The summed E-state index contributed by atoms with van der Waals surface area (Å²) in [4.78, 5) is 22.9. The van der Waals surface area contributed by atoms with Crippen LogP contribution < -0.4 is 16.0 Å². The number of hydrogen-bond acceptors (Lipinski definition) is 2. The lowest BCUT2D eigenvalue weighted by atomic mass is 10.1. The molecule has 0 aromatic heterocycles. The number of anilines is 1. The number of halogens is 1. The second-order valence-electron chi connectivity index (χ2n) is 4.48. The first-order valence-corrected chi connectivity index (χ1v) is 6.23. The highest BCUT2D eigenvalue weighted by Crippen LogP contribution is 2.10. The van der Waals surface area contributed by atoms with Gasteiger partial charge < -0.3 is 16.0 Å². The third-order valence-electron chi connectivity index (χ3n) is 2.95. The zero-order valence-electron chi connectivity index (χ0n) is 10.4. The summed E-state index contributed by atoms with van der Waals surface area (Å²) in [5.74, 6) is -0.392. The van der Waals surface area contributed by atoms with Crippen LogP contribution in [0, 0.1) is 5.82 Å². The molecule has 0 saturated carbocycles. The van der Waals surface area contributed by atoms with Crippen molar-refractivity contribution < 1.29 is 14.0 Å². The third kappa shape index (κ3) is 4.24. The van der Waals surface area contributed by atoms with E-state index in [4.69, 9.17) is 0 Å². The Hall–Kier alpha value is -2.11. The molecule has 5 nitrogen and oxygen atoms in total. The van der Waals surface area contributed by atoms with Crippen LogP contribution in [0.5, 0.6) is 0 Å². The van der Waals surface area contributed by atoms with Crippen molar-refractivity contribution in [1.29, 1.82) is 0 Å². The van der Waals surface area contributed by atoms with Gasteiger partial charge in [-0.05, 0) is 31.0 Å². The van der Waals surface area contributed by atoms with Crippen molar-refractivity contribution >= 4 is 17.6 Å². The highest BCUT2D eigenvalue weighted by molar-refractivity contribution is 5.89. The van der Waals surface area contributed by atoms with Crippen molar-refractivity contribution in [2.45, 2.75) is 25.3 Å². The molecule has 1 fully saturated rings. The van der Waals surface area contributed by atoms with E-state index < -0.39 is 5.82 Å². The summed E-state index contributed by atoms with van der Waals surface area (Å²) < 4.78 is 13.0. The molecule has 3 amide bonds. The largest absolute Gasteiger partial charge is 0.356 e. The van der Waals surface area contributed by atoms with Crippen molar-refractivity contribution in [2.75, 3.05) is 11.9 Å². The van der Waals surface area contributed by atoms with Crippen LogP contribution in [0.4, 0.5) is 14.9 Å². The molecule has 1 aromatic rings. The normalized spacial score (nSPS) is 19.2. The maximum absolute atomic E-state index is 13.0. The second-order valence-corrected chi connectivity index (χ2v) is 4.48. The molecule has 102 valence electrons. The molecule has 6 heteroatoms. The van der Waals surface area contributed by atoms with Crippen LogP contribution in [0.3, 0.4) is 0 Å². The number of rotatable bonds is 2. The van der Waals surface area contributed by atoms with E-state index in [2.05, 4.69) is 16.0 Å². The second kappa shape index (κ2) is 6.17. The van der Waals surface area contributed by atoms with E-state index in [1.54, 1.807) is 6.07 Å². The Morgan fingerprint density at radius 2 is 2.21 bits per heavy atom. The summed E-state index contributed by atoms with van der Waals surface area (Å²) in [6, 6.07) is 5.26. The van der Waals surface area contributed by atoms with E-state index >= 15 is 0 Å². The van der Waals surface area contributed by atoms with Gasteiger partial charge in [0.15, 0.2) is 0 Å². The van der Waals surface area contributed by atoms with Crippen LogP contribution in [0.25, 0.3) is 0 Å². The first-order chi connectivity index (χ1) is 9.13. The SMILES string of the molecule is O=C1CC[C@H](NC(=O)Nc2cccc(F)c2)CCN1. The zero-order chi connectivity index (χ0) is 13.7. The van der Waals surface area contributed by atoms with Gasteiger partial charge in [-0.3, -0.25) is 4.79 Å². The predicted molar refractivity (Wildman–Crippen MR) is 69.2 cm³/mol. The number of carbonyl (C=O) groups is 2. The Bertz CT molecular complexity index is 479. The van der Waals surface area contributed by atoms with Crippen LogP contribution in [-0.4, -0.2) is 24.5 Å². The van der Waals surface area contributed by atoms with E-state index in [1.807, 2.05) is 0 Å². The van der Waals surface area contributed by atoms with Gasteiger partial charge in [-0.25, -0.2) is 9.18 Å². The number of urea groups is 1. The Balaban J connectivity index is 1.85. The smallest absolute Gasteiger partial charge is 0.319 e. The lowest BCUT2D eigenvalue weighted by molar-refractivity contribution is -0.120. The highest BCUT2D eigenvalue weighted by atomic mass is 19.1. The van der Waals surface area contributed by atoms with Gasteiger partial charge in [-0.1, -0.05) is 6.07 Å². The van der Waals surface area contributed by atoms with Gasteiger partial charge in [0.1, 0.15) is 5.82 Å². The van der Waals surface area contributed by atoms with Crippen molar-refractivity contribution in [2.24, 2.45) is 0 Å². The summed E-state index contributed by atoms with van der Waals surface area (Å²) in [5.41, 5.74) is 0.403. The van der Waals surface area contributed by atoms with Crippen molar-refractivity contribution in [3.63, 3.8) is 0 Å². The minimum absolute atomic E-state index is 0.00911. The number of nitrogens with one attached hydrogen (secondary N) is 3. The Labute approximate surface area is 110 Å². The molecular weight excluding hydrogens is 249 g/mol. The number of carbonyl (C=O) groups excluding carboxylic acids is 2. The summed E-state index contributed by atoms with van der Waals surface area (Å²) in [6.45, 7) is 0.559. The van der Waals surface area contributed by atoms with Gasteiger partial charge >= 0.3 is 6.03 Å². The van der Waals surface area contributed by atoms with Gasteiger partial charge in [0.05, 0.1) is 0 Å². The molecule has 1 heterocycles. The Morgan fingerprint density at radius 3 is 3.00 bits per heavy atom. The zero-order valence-corrected chi connectivity index (χ0v) is 10.4. The molecular formula is C13H16FN3O2. The van der Waals surface area contributed by atoms with Gasteiger partial charge in [-0.2, -0.15) is 0 Å². The van der Waals surface area contributed by atoms with E-state index in [0.29, 0.717) is 31.5 Å². The first kappa shape index (κ1) is 13.3. The molecule has 0 unspecified atom stereocenters. The maximum atomic E-state index is 13.0. The Morgan fingerprint density at radius 1 is 1.37 bits per heavy atom. The highest BCUT2D eigenvalue weighted by Gasteiger charge is 2.17. The molecule has 0 aliphatic carbocycles. The molecule has 1 aromatic carbocycles. The number of hydrogen-bond donors (Lipinski definition) is 3. The standard InChI is InChI=1S/C13H16FN3O2/c14-9-2-1-3-11(8-9)17-13(19)16-10-4-5-12(18)15-7-6-10/h1-3,8,10H,4-7H2,(H,15,18)(H2,16,17,19)/t10-/m0/s1. The van der Waals surface area contributed by atoms with Crippen molar-refractivity contribution in [1.82, 2.24) is 10.6 Å². The van der Waals surface area contributed by atoms with Gasteiger partial charge in [0.25, 0.3) is 0 Å². The first-order valence-electron chi connectivity index (χ1n) is 6.23. The van der Waals surface area contributed by atoms with E-state index in [1.165, 1.54) is 18.2 Å². The molecule has 0 radical (unpaired) electrons. The summed E-state index contributed by atoms with van der Waals surface area (Å²) in [7, 11) is 0. The number of benzene rings is 1. The molecule has 1 aliphatic heterocycles. The van der Waals surface area contributed by atoms with Crippen LogP contribution in [0.15, 0.2) is 24.3 Å². The topological polar surface area (TPSA) is 70.2 Å². The van der Waals surface area contributed by atoms with Gasteiger partial charge in [-0.15, -0.1) is 0 Å². The fraction of sp³-hybridized carbons (Fsp3) is 0.385. The molecule has 1 saturated heterocycles. The lowest BCUT2D eigenvalue weighted by Gasteiger charge is -2.16. The quantitative estimate of drug-likeness (QED) is 0.760. The lowest BCUT2D eigenvalue weighted by Crippen LogP contribution is -2.38. The minimum atomic E-state index is -0.401.